The van der Waals surface area contributed by atoms with Crippen molar-refractivity contribution in [3.63, 3.8) is 0 Å². The van der Waals surface area contributed by atoms with Crippen LogP contribution in [0, 0.1) is 0 Å². The fourth-order valence-electron chi connectivity index (χ4n) is 3.44. The van der Waals surface area contributed by atoms with Crippen LogP contribution in [0.5, 0.6) is 5.75 Å². The molecular formula is C24H25F3N2O5. The van der Waals surface area contributed by atoms with E-state index in [1.54, 1.807) is 26.8 Å². The summed E-state index contributed by atoms with van der Waals surface area (Å²) in [7, 11) is 0. The standard InChI is InChI=1S/C24H25F3N2O5/c1-23(2,3)34-22(32)28-11-4-12-29-14-19(18-13-16(21(30)31)7-10-20(18)29)15-5-8-17(9-6-15)33-24(25,26)27/h5-10,13-14H,4,11-12H2,1-3H3,(H,28,32)(H,30,31). The molecule has 0 aliphatic carbocycles. The van der Waals surface area contributed by atoms with Crippen LogP contribution in [-0.2, 0) is 11.3 Å². The third-order valence-corrected chi connectivity index (χ3v) is 4.77. The van der Waals surface area contributed by atoms with Crippen molar-refractivity contribution >= 4 is 23.0 Å². The molecule has 10 heteroatoms. The fourth-order valence-corrected chi connectivity index (χ4v) is 3.44. The summed E-state index contributed by atoms with van der Waals surface area (Å²) in [6, 6.07) is 10.1. The number of carboxylic acid groups (broad SMARTS) is 1. The Morgan fingerprint density at radius 3 is 2.32 bits per heavy atom. The minimum Gasteiger partial charge on any atom is -0.478 e. The number of aromatic nitrogens is 1. The van der Waals surface area contributed by atoms with Crippen molar-refractivity contribution in [3.8, 4) is 16.9 Å². The molecule has 0 saturated carbocycles. The molecule has 1 aromatic heterocycles. The summed E-state index contributed by atoms with van der Waals surface area (Å²) in [6.45, 7) is 6.18. The first kappa shape index (κ1) is 24.9. The number of amides is 1. The molecule has 1 heterocycles. The van der Waals surface area contributed by atoms with Crippen LogP contribution in [0.15, 0.2) is 48.7 Å². The Hall–Kier alpha value is -3.69. The number of halogens is 3. The fraction of sp³-hybridized carbons (Fsp3) is 0.333. The molecule has 0 fully saturated rings. The number of fused-ring (bicyclic) bond motifs is 1. The number of rotatable bonds is 7. The van der Waals surface area contributed by atoms with E-state index in [9.17, 15) is 27.9 Å². The van der Waals surface area contributed by atoms with Gasteiger partial charge in [-0.15, -0.1) is 13.2 Å². The number of alkyl carbamates (subject to hydrolysis) is 1. The van der Waals surface area contributed by atoms with Crippen molar-refractivity contribution in [2.45, 2.75) is 45.7 Å². The third kappa shape index (κ3) is 6.66. The van der Waals surface area contributed by atoms with Gasteiger partial charge in [-0.1, -0.05) is 12.1 Å². The van der Waals surface area contributed by atoms with E-state index < -0.39 is 24.0 Å². The molecule has 2 aromatic carbocycles. The van der Waals surface area contributed by atoms with Crippen LogP contribution in [0.3, 0.4) is 0 Å². The number of benzene rings is 2. The van der Waals surface area contributed by atoms with Gasteiger partial charge in [0.1, 0.15) is 11.4 Å². The second-order valence-electron chi connectivity index (χ2n) is 8.63. The van der Waals surface area contributed by atoms with Gasteiger partial charge < -0.3 is 24.5 Å². The minimum absolute atomic E-state index is 0.0927. The summed E-state index contributed by atoms with van der Waals surface area (Å²) in [6.07, 6.45) is -2.93. The van der Waals surface area contributed by atoms with Gasteiger partial charge in [0.05, 0.1) is 5.56 Å². The monoisotopic (exact) mass is 478 g/mol. The highest BCUT2D eigenvalue weighted by atomic mass is 19.4. The SMILES string of the molecule is CC(C)(C)OC(=O)NCCCn1cc(-c2ccc(OC(F)(F)F)cc2)c2cc(C(=O)O)ccc21. The maximum absolute atomic E-state index is 12.5. The maximum Gasteiger partial charge on any atom is 0.573 e. The van der Waals surface area contributed by atoms with Crippen molar-refractivity contribution in [2.75, 3.05) is 6.54 Å². The van der Waals surface area contributed by atoms with Gasteiger partial charge in [0.2, 0.25) is 0 Å². The van der Waals surface area contributed by atoms with E-state index in [1.165, 1.54) is 36.4 Å². The minimum atomic E-state index is -4.79. The van der Waals surface area contributed by atoms with Crippen molar-refractivity contribution < 1.29 is 37.3 Å². The lowest BCUT2D eigenvalue weighted by Crippen LogP contribution is -2.33. The molecule has 0 radical (unpaired) electrons. The predicted octanol–water partition coefficient (Wildman–Crippen LogP) is 5.82. The molecule has 0 spiro atoms. The van der Waals surface area contributed by atoms with Gasteiger partial charge in [0.25, 0.3) is 0 Å². The van der Waals surface area contributed by atoms with E-state index in [0.717, 1.165) is 5.52 Å². The Bertz CT molecular complexity index is 1180. The molecule has 7 nitrogen and oxygen atoms in total. The summed E-state index contributed by atoms with van der Waals surface area (Å²) in [4.78, 5) is 23.3. The quantitative estimate of drug-likeness (QED) is 0.418. The number of nitrogens with one attached hydrogen (secondary N) is 1. The predicted molar refractivity (Wildman–Crippen MR) is 120 cm³/mol. The number of carboxylic acids is 1. The third-order valence-electron chi connectivity index (χ3n) is 4.77. The van der Waals surface area contributed by atoms with Crippen LogP contribution in [0.4, 0.5) is 18.0 Å². The zero-order valence-corrected chi connectivity index (χ0v) is 18.9. The van der Waals surface area contributed by atoms with Crippen LogP contribution in [0.1, 0.15) is 37.6 Å². The van der Waals surface area contributed by atoms with Crippen molar-refractivity contribution in [3.05, 3.63) is 54.2 Å². The molecule has 182 valence electrons. The number of hydrogen-bond donors (Lipinski definition) is 2. The first-order valence-corrected chi connectivity index (χ1v) is 10.5. The van der Waals surface area contributed by atoms with Crippen LogP contribution in [0.2, 0.25) is 0 Å². The number of aryl methyl sites for hydroxylation is 1. The van der Waals surface area contributed by atoms with E-state index in [4.69, 9.17) is 4.74 Å². The van der Waals surface area contributed by atoms with Gasteiger partial charge in [0.15, 0.2) is 0 Å². The average molecular weight is 478 g/mol. The van der Waals surface area contributed by atoms with Gasteiger partial charge in [-0.25, -0.2) is 9.59 Å². The zero-order valence-electron chi connectivity index (χ0n) is 18.9. The van der Waals surface area contributed by atoms with Gasteiger partial charge in [-0.2, -0.15) is 0 Å². The van der Waals surface area contributed by atoms with E-state index >= 15 is 0 Å². The van der Waals surface area contributed by atoms with Crippen LogP contribution >= 0.6 is 0 Å². The molecule has 1 amide bonds. The number of alkyl halides is 3. The van der Waals surface area contributed by atoms with Gasteiger partial charge >= 0.3 is 18.4 Å². The molecule has 0 aliphatic heterocycles. The van der Waals surface area contributed by atoms with Crippen molar-refractivity contribution in [2.24, 2.45) is 0 Å². The van der Waals surface area contributed by atoms with E-state index in [-0.39, 0.29) is 11.3 Å². The average Bonchev–Trinajstić information content (AvgIpc) is 3.07. The van der Waals surface area contributed by atoms with Crippen LogP contribution in [0.25, 0.3) is 22.0 Å². The molecule has 0 aliphatic rings. The number of ether oxygens (including phenoxy) is 2. The molecular weight excluding hydrogens is 453 g/mol. The molecule has 2 N–H and O–H groups in total. The van der Waals surface area contributed by atoms with Gasteiger partial charge in [-0.3, -0.25) is 0 Å². The van der Waals surface area contributed by atoms with Gasteiger partial charge in [0, 0.05) is 35.8 Å². The van der Waals surface area contributed by atoms with Crippen molar-refractivity contribution in [1.29, 1.82) is 0 Å². The number of nitrogens with zero attached hydrogens (tertiary/aromatic N) is 1. The van der Waals surface area contributed by atoms with Gasteiger partial charge in [-0.05, 0) is 63.1 Å². The Labute approximate surface area is 194 Å². The maximum atomic E-state index is 12.5. The molecule has 0 unspecified atom stereocenters. The van der Waals surface area contributed by atoms with E-state index in [1.807, 2.05) is 10.8 Å². The molecule has 0 bridgehead atoms. The number of aromatic carboxylic acids is 1. The second-order valence-corrected chi connectivity index (χ2v) is 8.63. The van der Waals surface area contributed by atoms with Crippen LogP contribution in [-0.4, -0.2) is 40.2 Å². The largest absolute Gasteiger partial charge is 0.573 e. The summed E-state index contributed by atoms with van der Waals surface area (Å²) in [5.41, 5.74) is 1.52. The smallest absolute Gasteiger partial charge is 0.478 e. The zero-order chi connectivity index (χ0) is 25.1. The Kier molecular flexibility index (Phi) is 7.09. The van der Waals surface area contributed by atoms with E-state index in [0.29, 0.717) is 36.0 Å². The highest BCUT2D eigenvalue weighted by Crippen LogP contribution is 2.33. The summed E-state index contributed by atoms with van der Waals surface area (Å²) < 4.78 is 48.4. The summed E-state index contributed by atoms with van der Waals surface area (Å²) in [5.74, 6) is -1.43. The van der Waals surface area contributed by atoms with Crippen LogP contribution < -0.4 is 10.1 Å². The highest BCUT2D eigenvalue weighted by Gasteiger charge is 2.31. The Morgan fingerprint density at radius 1 is 1.06 bits per heavy atom. The molecule has 0 saturated heterocycles. The summed E-state index contributed by atoms with van der Waals surface area (Å²) in [5, 5.41) is 12.7. The van der Waals surface area contributed by atoms with E-state index in [2.05, 4.69) is 10.1 Å². The summed E-state index contributed by atoms with van der Waals surface area (Å²) >= 11 is 0. The number of hydrogen-bond acceptors (Lipinski definition) is 4. The molecule has 0 atom stereocenters. The lowest BCUT2D eigenvalue weighted by atomic mass is 10.0. The molecule has 3 rings (SSSR count). The number of carbonyl (C=O) groups excluding carboxylic acids is 1. The highest BCUT2D eigenvalue weighted by molar-refractivity contribution is 6.01. The topological polar surface area (TPSA) is 89.8 Å². The number of carbonyl (C=O) groups is 2. The Balaban J connectivity index is 1.83. The molecule has 3 aromatic rings. The second kappa shape index (κ2) is 9.66. The first-order chi connectivity index (χ1) is 15.8. The first-order valence-electron chi connectivity index (χ1n) is 10.5. The lowest BCUT2D eigenvalue weighted by molar-refractivity contribution is -0.274. The van der Waals surface area contributed by atoms with Crippen molar-refractivity contribution in [1.82, 2.24) is 9.88 Å². The Morgan fingerprint density at radius 2 is 1.74 bits per heavy atom. The lowest BCUT2D eigenvalue weighted by Gasteiger charge is -2.19. The molecule has 34 heavy (non-hydrogen) atoms. The normalized spacial score (nSPS) is 11.9.